The van der Waals surface area contributed by atoms with Gasteiger partial charge in [-0.05, 0) is 23.8 Å². The third-order valence-corrected chi connectivity index (χ3v) is 6.23. The van der Waals surface area contributed by atoms with Gasteiger partial charge in [-0.15, -0.1) is 0 Å². The van der Waals surface area contributed by atoms with Crippen LogP contribution in [0, 0.1) is 10.1 Å². The molecule has 12 heteroatoms. The van der Waals surface area contributed by atoms with E-state index in [0.717, 1.165) is 28.6 Å². The number of hydrogen-bond acceptors (Lipinski definition) is 6. The number of non-ortho nitro benzene ring substituents is 1. The van der Waals surface area contributed by atoms with Gasteiger partial charge in [0.25, 0.3) is 5.69 Å². The highest BCUT2D eigenvalue weighted by Crippen LogP contribution is 2.30. The van der Waals surface area contributed by atoms with Crippen molar-refractivity contribution in [1.29, 1.82) is 0 Å². The van der Waals surface area contributed by atoms with E-state index in [4.69, 9.17) is 0 Å². The molecule has 0 heterocycles. The number of halogens is 3. The summed E-state index contributed by atoms with van der Waals surface area (Å²) in [6, 6.07) is 7.46. The van der Waals surface area contributed by atoms with Crippen molar-refractivity contribution in [3.63, 3.8) is 0 Å². The lowest BCUT2D eigenvalue weighted by Crippen LogP contribution is -2.31. The van der Waals surface area contributed by atoms with Crippen molar-refractivity contribution in [2.45, 2.75) is 24.9 Å². The summed E-state index contributed by atoms with van der Waals surface area (Å²) in [5.74, 6) is 0. The Hall–Kier alpha value is -2.99. The largest absolute Gasteiger partial charge is 0.416 e. The van der Waals surface area contributed by atoms with Crippen LogP contribution < -0.4 is 5.43 Å². The maximum absolute atomic E-state index is 12.9. The van der Waals surface area contributed by atoms with Crippen LogP contribution in [0.4, 0.5) is 24.5 Å². The van der Waals surface area contributed by atoms with Crippen LogP contribution in [0.25, 0.3) is 0 Å². The van der Waals surface area contributed by atoms with Crippen molar-refractivity contribution < 1.29 is 26.5 Å². The number of sulfonamides is 1. The first-order valence-corrected chi connectivity index (χ1v) is 10.2. The summed E-state index contributed by atoms with van der Waals surface area (Å²) in [7, 11) is -4.04. The Bertz CT molecular complexity index is 1030. The first-order valence-electron chi connectivity index (χ1n) is 8.75. The van der Waals surface area contributed by atoms with Crippen LogP contribution in [0.15, 0.2) is 52.5 Å². The van der Waals surface area contributed by atoms with E-state index >= 15 is 0 Å². The summed E-state index contributed by atoms with van der Waals surface area (Å²) in [6.07, 6.45) is -3.25. The summed E-state index contributed by atoms with van der Waals surface area (Å²) < 4.78 is 64.7. The number of nitro benzene ring substituents is 1. The molecule has 0 aliphatic heterocycles. The quantitative estimate of drug-likeness (QED) is 0.375. The molecule has 0 spiro atoms. The van der Waals surface area contributed by atoms with Gasteiger partial charge in [0.2, 0.25) is 10.0 Å². The number of benzene rings is 2. The molecule has 0 aliphatic carbocycles. The second-order valence-corrected chi connectivity index (χ2v) is 7.92. The minimum Gasteiger partial charge on any atom is -0.277 e. The van der Waals surface area contributed by atoms with Gasteiger partial charge in [-0.3, -0.25) is 15.5 Å². The van der Waals surface area contributed by atoms with Gasteiger partial charge in [0.1, 0.15) is 4.90 Å². The Morgan fingerprint density at radius 1 is 1.13 bits per heavy atom. The normalized spacial score (nSPS) is 12.5. The molecular weight excluding hydrogens is 425 g/mol. The van der Waals surface area contributed by atoms with Crippen LogP contribution in [0.3, 0.4) is 0 Å². The lowest BCUT2D eigenvalue weighted by Gasteiger charge is -2.20. The summed E-state index contributed by atoms with van der Waals surface area (Å²) in [5, 5.41) is 14.9. The van der Waals surface area contributed by atoms with Gasteiger partial charge >= 0.3 is 6.18 Å². The van der Waals surface area contributed by atoms with Crippen LogP contribution in [0.5, 0.6) is 0 Å². The Labute approximate surface area is 171 Å². The van der Waals surface area contributed by atoms with Crippen molar-refractivity contribution in [2.75, 3.05) is 18.5 Å². The number of hydrazone groups is 1. The van der Waals surface area contributed by atoms with Crippen molar-refractivity contribution >= 4 is 27.6 Å². The predicted octanol–water partition coefficient (Wildman–Crippen LogP) is 4.09. The van der Waals surface area contributed by atoms with E-state index in [1.807, 2.05) is 0 Å². The Balaban J connectivity index is 2.35. The summed E-state index contributed by atoms with van der Waals surface area (Å²) >= 11 is 0. The van der Waals surface area contributed by atoms with Crippen molar-refractivity contribution in [3.8, 4) is 0 Å². The number of nitrogens with one attached hydrogen (secondary N) is 1. The number of rotatable bonds is 8. The van der Waals surface area contributed by atoms with E-state index in [1.54, 1.807) is 13.8 Å². The zero-order valence-corrected chi connectivity index (χ0v) is 16.9. The molecule has 0 bridgehead atoms. The molecule has 0 fully saturated rings. The smallest absolute Gasteiger partial charge is 0.277 e. The van der Waals surface area contributed by atoms with Gasteiger partial charge < -0.3 is 0 Å². The predicted molar refractivity (Wildman–Crippen MR) is 106 cm³/mol. The molecule has 0 saturated carbocycles. The van der Waals surface area contributed by atoms with Gasteiger partial charge in [-0.1, -0.05) is 26.0 Å². The molecule has 2 aromatic rings. The number of nitro groups is 1. The van der Waals surface area contributed by atoms with Gasteiger partial charge in [0, 0.05) is 25.2 Å². The molecule has 30 heavy (non-hydrogen) atoms. The maximum atomic E-state index is 12.9. The lowest BCUT2D eigenvalue weighted by atomic mass is 10.1. The number of anilines is 1. The van der Waals surface area contributed by atoms with E-state index in [9.17, 15) is 31.7 Å². The molecule has 0 saturated heterocycles. The fraction of sp³-hybridized carbons (Fsp3) is 0.278. The van der Waals surface area contributed by atoms with Crippen LogP contribution in [0.2, 0.25) is 0 Å². The van der Waals surface area contributed by atoms with Crippen LogP contribution in [-0.2, 0) is 16.2 Å². The third kappa shape index (κ3) is 5.33. The molecule has 162 valence electrons. The van der Waals surface area contributed by atoms with Gasteiger partial charge in [-0.2, -0.15) is 22.6 Å². The van der Waals surface area contributed by atoms with E-state index in [0.29, 0.717) is 5.56 Å². The molecule has 0 radical (unpaired) electrons. The SMILES string of the molecule is CCN(CC)S(=O)(=O)c1cc([N+](=O)[O-])ccc1NN=Cc1ccc(C(F)(F)F)cc1. The Kier molecular flexibility index (Phi) is 7.16. The number of alkyl halides is 3. The molecule has 8 nitrogen and oxygen atoms in total. The molecule has 0 aromatic heterocycles. The van der Waals surface area contributed by atoms with Gasteiger partial charge in [0.15, 0.2) is 0 Å². The highest BCUT2D eigenvalue weighted by atomic mass is 32.2. The van der Waals surface area contributed by atoms with E-state index < -0.39 is 32.4 Å². The summed E-state index contributed by atoms with van der Waals surface area (Å²) in [5.41, 5.74) is 1.62. The van der Waals surface area contributed by atoms with Crippen molar-refractivity contribution in [3.05, 3.63) is 63.7 Å². The van der Waals surface area contributed by atoms with Crippen LogP contribution in [-0.4, -0.2) is 37.0 Å². The molecule has 0 atom stereocenters. The lowest BCUT2D eigenvalue weighted by molar-refractivity contribution is -0.385. The first kappa shape index (κ1) is 23.3. The minimum atomic E-state index is -4.46. The first-order chi connectivity index (χ1) is 14.0. The molecule has 0 amide bonds. The molecule has 2 aromatic carbocycles. The van der Waals surface area contributed by atoms with Gasteiger partial charge in [-0.25, -0.2) is 8.42 Å². The zero-order valence-electron chi connectivity index (χ0n) is 16.0. The van der Waals surface area contributed by atoms with Crippen molar-refractivity contribution in [1.82, 2.24) is 4.31 Å². The summed E-state index contributed by atoms with van der Waals surface area (Å²) in [6.45, 7) is 3.59. The molecule has 0 unspecified atom stereocenters. The molecular formula is C18H19F3N4O4S. The Morgan fingerprint density at radius 2 is 1.73 bits per heavy atom. The zero-order chi connectivity index (χ0) is 22.5. The van der Waals surface area contributed by atoms with Crippen LogP contribution >= 0.6 is 0 Å². The number of hydrogen-bond donors (Lipinski definition) is 1. The second kappa shape index (κ2) is 9.22. The molecule has 0 aliphatic rings. The fourth-order valence-corrected chi connectivity index (χ4v) is 4.19. The third-order valence-electron chi connectivity index (χ3n) is 4.14. The van der Waals surface area contributed by atoms with E-state index in [1.165, 1.54) is 24.4 Å². The monoisotopic (exact) mass is 444 g/mol. The van der Waals surface area contributed by atoms with Crippen molar-refractivity contribution in [2.24, 2.45) is 5.10 Å². The van der Waals surface area contributed by atoms with Gasteiger partial charge in [0.05, 0.1) is 22.4 Å². The standard InChI is InChI=1S/C18H19F3N4O4S/c1-3-24(4-2)30(28,29)17-11-15(25(26)27)9-10-16(17)23-22-12-13-5-7-14(8-6-13)18(19,20)21/h5-12,23H,3-4H2,1-2H3. The number of nitrogens with zero attached hydrogens (tertiary/aromatic N) is 3. The van der Waals surface area contributed by atoms with E-state index in [-0.39, 0.29) is 23.7 Å². The average molecular weight is 444 g/mol. The minimum absolute atomic E-state index is 0.00402. The topological polar surface area (TPSA) is 105 Å². The second-order valence-electron chi connectivity index (χ2n) is 6.02. The fourth-order valence-electron chi connectivity index (χ4n) is 2.57. The average Bonchev–Trinajstić information content (AvgIpc) is 2.68. The van der Waals surface area contributed by atoms with E-state index in [2.05, 4.69) is 10.5 Å². The highest BCUT2D eigenvalue weighted by molar-refractivity contribution is 7.89. The molecule has 1 N–H and O–H groups in total. The molecule has 2 rings (SSSR count). The maximum Gasteiger partial charge on any atom is 0.416 e. The summed E-state index contributed by atoms with van der Waals surface area (Å²) in [4.78, 5) is 10.0. The highest BCUT2D eigenvalue weighted by Gasteiger charge is 2.30. The Morgan fingerprint density at radius 3 is 2.23 bits per heavy atom. The van der Waals surface area contributed by atoms with Crippen LogP contribution in [0.1, 0.15) is 25.0 Å².